The van der Waals surface area contributed by atoms with Gasteiger partial charge in [0.25, 0.3) is 0 Å². The molecule has 0 aromatic rings. The minimum Gasteiger partial charge on any atom is -0.466 e. The number of ether oxygens (including phenoxy) is 2. The second-order valence-electron chi connectivity index (χ2n) is 4.46. The minimum atomic E-state index is -0.108. The van der Waals surface area contributed by atoms with Crippen LogP contribution in [0, 0.1) is 5.92 Å². The third kappa shape index (κ3) is 8.19. The molecular weight excluding hydrogens is 216 g/mol. The molecule has 0 saturated carbocycles. The number of hydrogen-bond donors (Lipinski definition) is 0. The molecule has 0 saturated heterocycles. The maximum absolute atomic E-state index is 11.4. The van der Waals surface area contributed by atoms with Crippen LogP contribution in [0.4, 0.5) is 0 Å². The highest BCUT2D eigenvalue weighted by atomic mass is 16.5. The van der Waals surface area contributed by atoms with E-state index in [4.69, 9.17) is 9.47 Å². The molecule has 0 heterocycles. The average molecular weight is 244 g/mol. The van der Waals surface area contributed by atoms with Crippen LogP contribution in [0.1, 0.15) is 59.8 Å². The van der Waals surface area contributed by atoms with Gasteiger partial charge in [0.1, 0.15) is 0 Å². The molecule has 0 N–H and O–H groups in total. The molecule has 0 aliphatic rings. The molecule has 0 bridgehead atoms. The zero-order valence-electron chi connectivity index (χ0n) is 11.8. The maximum Gasteiger partial charge on any atom is 0.306 e. The van der Waals surface area contributed by atoms with E-state index in [-0.39, 0.29) is 18.0 Å². The van der Waals surface area contributed by atoms with Gasteiger partial charge in [-0.2, -0.15) is 0 Å². The molecule has 0 aromatic heterocycles. The van der Waals surface area contributed by atoms with Gasteiger partial charge in [0, 0.05) is 6.61 Å². The topological polar surface area (TPSA) is 35.5 Å². The van der Waals surface area contributed by atoms with E-state index in [1.165, 1.54) is 12.8 Å². The Balaban J connectivity index is 3.86. The van der Waals surface area contributed by atoms with Crippen LogP contribution in [-0.4, -0.2) is 25.3 Å². The third-order valence-electron chi connectivity index (χ3n) is 3.05. The van der Waals surface area contributed by atoms with Crippen molar-refractivity contribution in [3.63, 3.8) is 0 Å². The summed E-state index contributed by atoms with van der Waals surface area (Å²) in [5, 5.41) is 0. The van der Waals surface area contributed by atoms with Crippen LogP contribution in [-0.2, 0) is 14.3 Å². The zero-order chi connectivity index (χ0) is 13.1. The zero-order valence-corrected chi connectivity index (χ0v) is 11.8. The van der Waals surface area contributed by atoms with Gasteiger partial charge < -0.3 is 9.47 Å². The Labute approximate surface area is 106 Å². The molecular formula is C14H28O3. The number of carbonyl (C=O) groups excluding carboxylic acids is 1. The Morgan fingerprint density at radius 2 is 1.88 bits per heavy atom. The predicted molar refractivity (Wildman–Crippen MR) is 70.0 cm³/mol. The van der Waals surface area contributed by atoms with E-state index < -0.39 is 0 Å². The number of unbranched alkanes of at least 4 members (excludes halogenated alkanes) is 2. The maximum atomic E-state index is 11.4. The third-order valence-corrected chi connectivity index (χ3v) is 3.05. The SMILES string of the molecule is CCCCCOC(C)C(CC)CC(=O)OCC. The van der Waals surface area contributed by atoms with E-state index in [9.17, 15) is 4.79 Å². The van der Waals surface area contributed by atoms with Crippen molar-refractivity contribution in [1.82, 2.24) is 0 Å². The Hall–Kier alpha value is -0.570. The molecule has 0 aliphatic carbocycles. The van der Waals surface area contributed by atoms with Gasteiger partial charge in [-0.1, -0.05) is 33.1 Å². The highest BCUT2D eigenvalue weighted by Gasteiger charge is 2.20. The summed E-state index contributed by atoms with van der Waals surface area (Å²) in [6.45, 7) is 9.42. The molecule has 0 aromatic carbocycles. The van der Waals surface area contributed by atoms with Gasteiger partial charge in [0.05, 0.1) is 19.1 Å². The Morgan fingerprint density at radius 3 is 2.41 bits per heavy atom. The Kier molecular flexibility index (Phi) is 10.2. The molecule has 2 atom stereocenters. The summed E-state index contributed by atoms with van der Waals surface area (Å²) < 4.78 is 10.7. The predicted octanol–water partition coefficient (Wildman–Crippen LogP) is 3.56. The molecule has 17 heavy (non-hydrogen) atoms. The van der Waals surface area contributed by atoms with E-state index in [1.54, 1.807) is 0 Å². The van der Waals surface area contributed by atoms with Crippen LogP contribution in [0.2, 0.25) is 0 Å². The first-order valence-corrected chi connectivity index (χ1v) is 6.92. The van der Waals surface area contributed by atoms with Gasteiger partial charge in [-0.05, 0) is 26.2 Å². The standard InChI is InChI=1S/C14H28O3/c1-5-8-9-10-17-12(4)13(6-2)11-14(15)16-7-3/h12-13H,5-11H2,1-4H3. The molecule has 102 valence electrons. The first-order chi connectivity index (χ1) is 8.15. The molecule has 2 unspecified atom stereocenters. The quantitative estimate of drug-likeness (QED) is 0.435. The van der Waals surface area contributed by atoms with Crippen LogP contribution < -0.4 is 0 Å². The van der Waals surface area contributed by atoms with Gasteiger partial charge in [-0.25, -0.2) is 0 Å². The fraction of sp³-hybridized carbons (Fsp3) is 0.929. The highest BCUT2D eigenvalue weighted by Crippen LogP contribution is 2.17. The summed E-state index contributed by atoms with van der Waals surface area (Å²) >= 11 is 0. The second-order valence-corrected chi connectivity index (χ2v) is 4.46. The molecule has 0 aliphatic heterocycles. The van der Waals surface area contributed by atoms with Crippen molar-refractivity contribution in [2.45, 2.75) is 65.9 Å². The molecule has 3 heteroatoms. The lowest BCUT2D eigenvalue weighted by molar-refractivity contribution is -0.145. The largest absolute Gasteiger partial charge is 0.466 e. The van der Waals surface area contributed by atoms with Crippen LogP contribution in [0.15, 0.2) is 0 Å². The summed E-state index contributed by atoms with van der Waals surface area (Å²) in [7, 11) is 0. The van der Waals surface area contributed by atoms with Crippen LogP contribution in [0.3, 0.4) is 0 Å². The monoisotopic (exact) mass is 244 g/mol. The van der Waals surface area contributed by atoms with Crippen molar-refractivity contribution in [3.05, 3.63) is 0 Å². The van der Waals surface area contributed by atoms with E-state index >= 15 is 0 Å². The van der Waals surface area contributed by atoms with E-state index in [0.29, 0.717) is 13.0 Å². The molecule has 0 fully saturated rings. The van der Waals surface area contributed by atoms with Crippen LogP contribution in [0.25, 0.3) is 0 Å². The van der Waals surface area contributed by atoms with Crippen molar-refractivity contribution >= 4 is 5.97 Å². The summed E-state index contributed by atoms with van der Waals surface area (Å²) in [6, 6.07) is 0. The van der Waals surface area contributed by atoms with E-state index in [2.05, 4.69) is 20.8 Å². The van der Waals surface area contributed by atoms with Crippen molar-refractivity contribution in [2.75, 3.05) is 13.2 Å². The van der Waals surface area contributed by atoms with Gasteiger partial charge in [-0.15, -0.1) is 0 Å². The number of esters is 1. The first-order valence-electron chi connectivity index (χ1n) is 6.92. The van der Waals surface area contributed by atoms with E-state index in [1.807, 2.05) is 6.92 Å². The van der Waals surface area contributed by atoms with Gasteiger partial charge in [-0.3, -0.25) is 4.79 Å². The van der Waals surface area contributed by atoms with Crippen molar-refractivity contribution in [2.24, 2.45) is 5.92 Å². The van der Waals surface area contributed by atoms with Gasteiger partial charge in [0.15, 0.2) is 0 Å². The van der Waals surface area contributed by atoms with Crippen molar-refractivity contribution < 1.29 is 14.3 Å². The first kappa shape index (κ1) is 16.4. The summed E-state index contributed by atoms with van der Waals surface area (Å²) in [4.78, 5) is 11.4. The molecule has 3 nitrogen and oxygen atoms in total. The van der Waals surface area contributed by atoms with Gasteiger partial charge in [0.2, 0.25) is 0 Å². The molecule has 0 amide bonds. The lowest BCUT2D eigenvalue weighted by atomic mass is 9.97. The minimum absolute atomic E-state index is 0.108. The Bertz CT molecular complexity index is 192. The molecule has 0 radical (unpaired) electrons. The summed E-state index contributed by atoms with van der Waals surface area (Å²) in [6.07, 6.45) is 5.09. The van der Waals surface area contributed by atoms with Gasteiger partial charge >= 0.3 is 5.97 Å². The second kappa shape index (κ2) is 10.6. The summed E-state index contributed by atoms with van der Waals surface area (Å²) in [5.74, 6) is 0.166. The number of carbonyl (C=O) groups is 1. The lowest BCUT2D eigenvalue weighted by Crippen LogP contribution is -2.24. The van der Waals surface area contributed by atoms with Crippen molar-refractivity contribution in [3.8, 4) is 0 Å². The fourth-order valence-corrected chi connectivity index (χ4v) is 1.83. The highest BCUT2D eigenvalue weighted by molar-refractivity contribution is 5.69. The van der Waals surface area contributed by atoms with E-state index in [0.717, 1.165) is 19.4 Å². The number of rotatable bonds is 10. The normalized spacial score (nSPS) is 14.4. The van der Waals surface area contributed by atoms with Crippen molar-refractivity contribution in [1.29, 1.82) is 0 Å². The van der Waals surface area contributed by atoms with Crippen LogP contribution in [0.5, 0.6) is 0 Å². The van der Waals surface area contributed by atoms with Crippen LogP contribution >= 0.6 is 0 Å². The average Bonchev–Trinajstić information content (AvgIpc) is 2.31. The molecule has 0 spiro atoms. The Morgan fingerprint density at radius 1 is 1.18 bits per heavy atom. The lowest BCUT2D eigenvalue weighted by Gasteiger charge is -2.22. The summed E-state index contributed by atoms with van der Waals surface area (Å²) in [5.41, 5.74) is 0. The molecule has 0 rings (SSSR count). The fourth-order valence-electron chi connectivity index (χ4n) is 1.83. The smallest absolute Gasteiger partial charge is 0.306 e. The number of hydrogen-bond acceptors (Lipinski definition) is 3.